The maximum Gasteiger partial charge on any atom is 0.257 e. The van der Waals surface area contributed by atoms with Gasteiger partial charge in [-0.25, -0.2) is 0 Å². The number of nitriles is 1. The molecular weight excluding hydrogens is 376 g/mol. The summed E-state index contributed by atoms with van der Waals surface area (Å²) < 4.78 is 0. The number of nitrogens with zero attached hydrogens (tertiary/aromatic N) is 2. The summed E-state index contributed by atoms with van der Waals surface area (Å²) in [6, 6.07) is 17.1. The predicted octanol–water partition coefficient (Wildman–Crippen LogP) is 3.79. The first-order chi connectivity index (χ1) is 13.5. The van der Waals surface area contributed by atoms with Gasteiger partial charge in [-0.3, -0.25) is 14.6 Å². The SMILES string of the molecule is N#Cc1ccc(NC(=O)c2cncc(C(=O)NCc3ccc(Cl)cc3)c2)cc1. The summed E-state index contributed by atoms with van der Waals surface area (Å²) in [5.74, 6) is -0.736. The Labute approximate surface area is 166 Å². The number of carbonyl (C=O) groups excluding carboxylic acids is 2. The minimum absolute atomic E-state index is 0.253. The zero-order chi connectivity index (χ0) is 19.9. The average Bonchev–Trinajstić information content (AvgIpc) is 2.73. The quantitative estimate of drug-likeness (QED) is 0.692. The van der Waals surface area contributed by atoms with Crippen LogP contribution in [0.15, 0.2) is 67.0 Å². The van der Waals surface area contributed by atoms with Crippen LogP contribution in [-0.4, -0.2) is 16.8 Å². The molecular formula is C21H15ClN4O2. The van der Waals surface area contributed by atoms with E-state index >= 15 is 0 Å². The molecule has 0 spiro atoms. The van der Waals surface area contributed by atoms with Gasteiger partial charge in [-0.05, 0) is 48.0 Å². The first-order valence-electron chi connectivity index (χ1n) is 8.34. The molecule has 1 aromatic heterocycles. The van der Waals surface area contributed by atoms with Crippen molar-refractivity contribution in [3.8, 4) is 6.07 Å². The number of pyridine rings is 1. The molecule has 0 aliphatic heterocycles. The van der Waals surface area contributed by atoms with Gasteiger partial charge < -0.3 is 10.6 Å². The Kier molecular flexibility index (Phi) is 6.00. The normalized spacial score (nSPS) is 10.0. The smallest absolute Gasteiger partial charge is 0.257 e. The Hall–Kier alpha value is -3.69. The van der Waals surface area contributed by atoms with Gasteiger partial charge in [0.1, 0.15) is 0 Å². The minimum atomic E-state index is -0.399. The van der Waals surface area contributed by atoms with Gasteiger partial charge in [0.15, 0.2) is 0 Å². The van der Waals surface area contributed by atoms with Crippen LogP contribution < -0.4 is 10.6 Å². The molecule has 6 nitrogen and oxygen atoms in total. The van der Waals surface area contributed by atoms with Gasteiger partial charge in [-0.15, -0.1) is 0 Å². The fourth-order valence-electron chi connectivity index (χ4n) is 2.41. The Morgan fingerprint density at radius 2 is 1.61 bits per heavy atom. The Morgan fingerprint density at radius 1 is 0.964 bits per heavy atom. The van der Waals surface area contributed by atoms with Crippen LogP contribution in [0.25, 0.3) is 0 Å². The van der Waals surface area contributed by atoms with Crippen molar-refractivity contribution in [2.24, 2.45) is 0 Å². The van der Waals surface area contributed by atoms with Crippen LogP contribution in [0.1, 0.15) is 31.8 Å². The van der Waals surface area contributed by atoms with Gasteiger partial charge in [0.2, 0.25) is 0 Å². The second-order valence-electron chi connectivity index (χ2n) is 5.91. The summed E-state index contributed by atoms with van der Waals surface area (Å²) in [4.78, 5) is 28.7. The highest BCUT2D eigenvalue weighted by molar-refractivity contribution is 6.30. The third-order valence-corrected chi connectivity index (χ3v) is 4.15. The number of aromatic nitrogens is 1. The number of carbonyl (C=O) groups is 2. The largest absolute Gasteiger partial charge is 0.348 e. The van der Waals surface area contributed by atoms with E-state index in [2.05, 4.69) is 15.6 Å². The fraction of sp³-hybridized carbons (Fsp3) is 0.0476. The summed E-state index contributed by atoms with van der Waals surface area (Å²) in [6.45, 7) is 0.331. The van der Waals surface area contributed by atoms with Crippen molar-refractivity contribution in [1.29, 1.82) is 5.26 Å². The Balaban J connectivity index is 1.65. The van der Waals surface area contributed by atoms with Gasteiger partial charge in [0.25, 0.3) is 11.8 Å². The zero-order valence-electron chi connectivity index (χ0n) is 14.6. The van der Waals surface area contributed by atoms with E-state index in [1.165, 1.54) is 18.5 Å². The molecule has 3 aromatic rings. The molecule has 138 valence electrons. The molecule has 0 atom stereocenters. The van der Waals surface area contributed by atoms with E-state index < -0.39 is 5.91 Å². The first kappa shape index (κ1) is 19.1. The van der Waals surface area contributed by atoms with E-state index in [0.717, 1.165) is 5.56 Å². The Morgan fingerprint density at radius 3 is 2.25 bits per heavy atom. The fourth-order valence-corrected chi connectivity index (χ4v) is 2.53. The molecule has 2 amide bonds. The molecule has 0 saturated heterocycles. The number of amides is 2. The number of anilines is 1. The summed E-state index contributed by atoms with van der Waals surface area (Å²) in [5.41, 5.74) is 2.48. The molecule has 0 radical (unpaired) electrons. The van der Waals surface area contributed by atoms with Crippen LogP contribution in [0.3, 0.4) is 0 Å². The molecule has 1 heterocycles. The van der Waals surface area contributed by atoms with Crippen molar-refractivity contribution in [2.45, 2.75) is 6.54 Å². The van der Waals surface area contributed by atoms with Crippen molar-refractivity contribution in [2.75, 3.05) is 5.32 Å². The molecule has 0 saturated carbocycles. The van der Waals surface area contributed by atoms with Crippen LogP contribution in [0.4, 0.5) is 5.69 Å². The number of rotatable bonds is 5. The maximum atomic E-state index is 12.4. The molecule has 0 aliphatic carbocycles. The van der Waals surface area contributed by atoms with Gasteiger partial charge in [0, 0.05) is 29.6 Å². The summed E-state index contributed by atoms with van der Waals surface area (Å²) in [7, 11) is 0. The lowest BCUT2D eigenvalue weighted by atomic mass is 10.1. The summed E-state index contributed by atoms with van der Waals surface area (Å²) >= 11 is 5.84. The van der Waals surface area contributed by atoms with Gasteiger partial charge in [-0.2, -0.15) is 5.26 Å². The monoisotopic (exact) mass is 390 g/mol. The number of nitrogens with one attached hydrogen (secondary N) is 2. The molecule has 2 aromatic carbocycles. The lowest BCUT2D eigenvalue weighted by Crippen LogP contribution is -2.23. The molecule has 7 heteroatoms. The van der Waals surface area contributed by atoms with E-state index in [9.17, 15) is 9.59 Å². The number of hydrogen-bond donors (Lipinski definition) is 2. The average molecular weight is 391 g/mol. The summed E-state index contributed by atoms with van der Waals surface area (Å²) in [6.07, 6.45) is 2.78. The second-order valence-corrected chi connectivity index (χ2v) is 6.35. The van der Waals surface area contributed by atoms with E-state index in [1.807, 2.05) is 18.2 Å². The standard InChI is InChI=1S/C21H15ClN4O2/c22-18-5-1-15(2-6-18)11-25-20(27)16-9-17(13-24-12-16)21(28)26-19-7-3-14(10-23)4-8-19/h1-9,12-13H,11H2,(H,25,27)(H,26,28). The van der Waals surface area contributed by atoms with Crippen LogP contribution in [0.5, 0.6) is 0 Å². The third kappa shape index (κ3) is 4.93. The molecule has 0 bridgehead atoms. The minimum Gasteiger partial charge on any atom is -0.348 e. The highest BCUT2D eigenvalue weighted by Crippen LogP contribution is 2.12. The van der Waals surface area contributed by atoms with Crippen molar-refractivity contribution in [3.63, 3.8) is 0 Å². The van der Waals surface area contributed by atoms with E-state index in [0.29, 0.717) is 22.8 Å². The van der Waals surface area contributed by atoms with Gasteiger partial charge in [-0.1, -0.05) is 23.7 Å². The van der Waals surface area contributed by atoms with Crippen LogP contribution in [0.2, 0.25) is 5.02 Å². The molecule has 0 unspecified atom stereocenters. The van der Waals surface area contributed by atoms with Crippen molar-refractivity contribution < 1.29 is 9.59 Å². The lowest BCUT2D eigenvalue weighted by molar-refractivity contribution is 0.0950. The van der Waals surface area contributed by atoms with Crippen molar-refractivity contribution in [1.82, 2.24) is 10.3 Å². The number of halogens is 1. The second kappa shape index (κ2) is 8.80. The van der Waals surface area contributed by atoms with Gasteiger partial charge in [0.05, 0.1) is 22.8 Å². The molecule has 2 N–H and O–H groups in total. The number of benzene rings is 2. The lowest BCUT2D eigenvalue weighted by Gasteiger charge is -2.08. The molecule has 3 rings (SSSR count). The maximum absolute atomic E-state index is 12.4. The predicted molar refractivity (Wildman–Crippen MR) is 106 cm³/mol. The molecule has 0 aliphatic rings. The van der Waals surface area contributed by atoms with E-state index in [4.69, 9.17) is 16.9 Å². The third-order valence-electron chi connectivity index (χ3n) is 3.90. The summed E-state index contributed by atoms with van der Waals surface area (Å²) in [5, 5.41) is 14.9. The van der Waals surface area contributed by atoms with Crippen molar-refractivity contribution in [3.05, 3.63) is 94.3 Å². The zero-order valence-corrected chi connectivity index (χ0v) is 15.4. The van der Waals surface area contributed by atoms with Gasteiger partial charge >= 0.3 is 0 Å². The van der Waals surface area contributed by atoms with E-state index in [-0.39, 0.29) is 17.0 Å². The Bertz CT molecular complexity index is 1040. The van der Waals surface area contributed by atoms with Crippen LogP contribution in [-0.2, 0) is 6.54 Å². The highest BCUT2D eigenvalue weighted by Gasteiger charge is 2.12. The topological polar surface area (TPSA) is 94.9 Å². The van der Waals surface area contributed by atoms with Crippen molar-refractivity contribution >= 4 is 29.1 Å². The highest BCUT2D eigenvalue weighted by atomic mass is 35.5. The van der Waals surface area contributed by atoms with E-state index in [1.54, 1.807) is 36.4 Å². The molecule has 28 heavy (non-hydrogen) atoms. The number of hydrogen-bond acceptors (Lipinski definition) is 4. The van der Waals surface area contributed by atoms with Crippen LogP contribution in [0, 0.1) is 11.3 Å². The molecule has 0 fully saturated rings. The van der Waals surface area contributed by atoms with Crippen LogP contribution >= 0.6 is 11.6 Å². The first-order valence-corrected chi connectivity index (χ1v) is 8.72.